The van der Waals surface area contributed by atoms with E-state index < -0.39 is 18.1 Å². The van der Waals surface area contributed by atoms with Crippen molar-refractivity contribution in [2.45, 2.75) is 57.9 Å². The van der Waals surface area contributed by atoms with E-state index in [-0.39, 0.29) is 18.4 Å². The fraction of sp³-hybridized carbons (Fsp3) is 0.385. The van der Waals surface area contributed by atoms with Crippen LogP contribution in [0.4, 0.5) is 13.2 Å². The smallest absolute Gasteiger partial charge is 0.489 e. The van der Waals surface area contributed by atoms with Gasteiger partial charge in [0, 0.05) is 18.2 Å². The highest BCUT2D eigenvalue weighted by Gasteiger charge is 2.38. The van der Waals surface area contributed by atoms with Gasteiger partial charge in [-0.05, 0) is 47.7 Å². The first-order valence-corrected chi connectivity index (χ1v) is 11.9. The molecule has 4 N–H and O–H groups in total. The normalized spacial score (nSPS) is 13.9. The molecule has 0 aromatic heterocycles. The summed E-state index contributed by atoms with van der Waals surface area (Å²) in [7, 11) is 0. The highest BCUT2D eigenvalue weighted by Crippen LogP contribution is 2.27. The molecule has 0 saturated heterocycles. The number of unbranched alkanes of at least 4 members (excludes halogenated alkanes) is 1. The zero-order valence-corrected chi connectivity index (χ0v) is 20.8. The molecule has 1 unspecified atom stereocenters. The fourth-order valence-corrected chi connectivity index (χ4v) is 3.88. The van der Waals surface area contributed by atoms with Gasteiger partial charge < -0.3 is 25.7 Å². The van der Waals surface area contributed by atoms with Crippen molar-refractivity contribution in [1.82, 2.24) is 4.90 Å². The van der Waals surface area contributed by atoms with Crippen molar-refractivity contribution in [3.8, 4) is 5.75 Å². The van der Waals surface area contributed by atoms with Crippen LogP contribution in [0.3, 0.4) is 0 Å². The first kappa shape index (κ1) is 30.1. The molecule has 3 rings (SSSR count). The van der Waals surface area contributed by atoms with Gasteiger partial charge in [-0.2, -0.15) is 18.3 Å². The second-order valence-electron chi connectivity index (χ2n) is 8.57. The second-order valence-corrected chi connectivity index (χ2v) is 8.57. The fourth-order valence-electron chi connectivity index (χ4n) is 3.88. The van der Waals surface area contributed by atoms with Crippen LogP contribution in [0, 0.1) is 0 Å². The SMILES string of the molecule is CCCCC(CC(=O)O)N1CCc2cc(OCc3ccc(C=NN)cc3)ccc2C1=O.O=C(O)C(F)(F)F. The van der Waals surface area contributed by atoms with Gasteiger partial charge in [0.2, 0.25) is 0 Å². The number of ether oxygens (including phenoxy) is 1. The number of hydrogen-bond acceptors (Lipinski definition) is 6. The molecule has 2 aromatic carbocycles. The number of fused-ring (bicyclic) bond motifs is 1. The number of hydrogen-bond donors (Lipinski definition) is 3. The third-order valence-electron chi connectivity index (χ3n) is 5.78. The summed E-state index contributed by atoms with van der Waals surface area (Å²) in [5, 5.41) is 19.9. The van der Waals surface area contributed by atoms with Crippen molar-refractivity contribution in [1.29, 1.82) is 0 Å². The molecule has 12 heteroatoms. The molecular formula is C26H30F3N3O6. The lowest BCUT2D eigenvalue weighted by molar-refractivity contribution is -0.192. The van der Waals surface area contributed by atoms with Crippen LogP contribution in [0.25, 0.3) is 0 Å². The largest absolute Gasteiger partial charge is 0.490 e. The van der Waals surface area contributed by atoms with Gasteiger partial charge in [0.25, 0.3) is 5.91 Å². The number of carboxylic acids is 2. The summed E-state index contributed by atoms with van der Waals surface area (Å²) in [6.45, 7) is 3.01. The Morgan fingerprint density at radius 3 is 2.39 bits per heavy atom. The number of halogens is 3. The zero-order chi connectivity index (χ0) is 28.3. The highest BCUT2D eigenvalue weighted by atomic mass is 19.4. The maximum atomic E-state index is 13.1. The van der Waals surface area contributed by atoms with Gasteiger partial charge in [-0.25, -0.2) is 4.79 Å². The standard InChI is InChI=1S/C24H29N3O4.C2HF3O2/c1-2-3-4-20(14-23(28)29)27-12-11-19-13-21(9-10-22(19)24(27)30)31-16-18-7-5-17(6-8-18)15-26-25;3-2(4,5)1(6)7/h5-10,13,15,20H,2-4,11-12,14,16,25H2,1H3,(H,28,29);(H,6,7). The molecule has 1 heterocycles. The second kappa shape index (κ2) is 14.0. The lowest BCUT2D eigenvalue weighted by Crippen LogP contribution is -2.45. The van der Waals surface area contributed by atoms with Crippen LogP contribution in [-0.2, 0) is 22.6 Å². The van der Waals surface area contributed by atoms with Crippen LogP contribution in [0.5, 0.6) is 5.75 Å². The molecule has 1 atom stereocenters. The van der Waals surface area contributed by atoms with Crippen LogP contribution in [0.2, 0.25) is 0 Å². The van der Waals surface area contributed by atoms with Gasteiger partial charge >= 0.3 is 18.1 Å². The predicted molar refractivity (Wildman–Crippen MR) is 133 cm³/mol. The summed E-state index contributed by atoms with van der Waals surface area (Å²) < 4.78 is 37.6. The van der Waals surface area contributed by atoms with Crippen LogP contribution in [0.1, 0.15) is 59.7 Å². The molecule has 0 aliphatic carbocycles. The minimum Gasteiger partial charge on any atom is -0.489 e. The van der Waals surface area contributed by atoms with E-state index in [2.05, 4.69) is 12.0 Å². The van der Waals surface area contributed by atoms with E-state index in [9.17, 15) is 27.9 Å². The number of carbonyl (C=O) groups is 3. The Balaban J connectivity index is 0.000000638. The molecule has 0 fully saturated rings. The van der Waals surface area contributed by atoms with Crippen LogP contribution in [-0.4, -0.2) is 57.9 Å². The first-order valence-electron chi connectivity index (χ1n) is 11.9. The molecule has 1 amide bonds. The van der Waals surface area contributed by atoms with Crippen molar-refractivity contribution in [2.24, 2.45) is 10.9 Å². The molecule has 0 spiro atoms. The average molecular weight is 538 g/mol. The minimum atomic E-state index is -5.08. The van der Waals surface area contributed by atoms with Gasteiger partial charge in [-0.3, -0.25) is 9.59 Å². The zero-order valence-electron chi connectivity index (χ0n) is 20.8. The summed E-state index contributed by atoms with van der Waals surface area (Å²) >= 11 is 0. The lowest BCUT2D eigenvalue weighted by Gasteiger charge is -2.35. The molecule has 206 valence electrons. The molecule has 38 heavy (non-hydrogen) atoms. The van der Waals surface area contributed by atoms with Gasteiger partial charge in [0.05, 0.1) is 12.6 Å². The van der Waals surface area contributed by atoms with Gasteiger partial charge in [0.15, 0.2) is 0 Å². The number of benzene rings is 2. The van der Waals surface area contributed by atoms with E-state index in [1.165, 1.54) is 0 Å². The first-order chi connectivity index (χ1) is 18.0. The number of aliphatic carboxylic acids is 2. The Morgan fingerprint density at radius 1 is 1.18 bits per heavy atom. The van der Waals surface area contributed by atoms with Crippen LogP contribution < -0.4 is 10.6 Å². The van der Waals surface area contributed by atoms with Crippen molar-refractivity contribution in [3.63, 3.8) is 0 Å². The van der Waals surface area contributed by atoms with Crippen LogP contribution >= 0.6 is 0 Å². The Kier molecular flexibility index (Phi) is 11.1. The lowest BCUT2D eigenvalue weighted by atomic mass is 9.95. The Morgan fingerprint density at radius 2 is 1.84 bits per heavy atom. The van der Waals surface area contributed by atoms with E-state index >= 15 is 0 Å². The molecule has 0 saturated carbocycles. The maximum absolute atomic E-state index is 13.1. The number of carboxylic acid groups (broad SMARTS) is 2. The van der Waals surface area contributed by atoms with E-state index in [1.54, 1.807) is 23.2 Å². The quantitative estimate of drug-likeness (QED) is 0.234. The summed E-state index contributed by atoms with van der Waals surface area (Å²) in [5.41, 5.74) is 3.51. The van der Waals surface area contributed by atoms with E-state index in [0.29, 0.717) is 37.3 Å². The monoisotopic (exact) mass is 537 g/mol. The van der Waals surface area contributed by atoms with E-state index in [0.717, 1.165) is 29.5 Å². The molecule has 0 bridgehead atoms. The van der Waals surface area contributed by atoms with Gasteiger partial charge in [0.1, 0.15) is 12.4 Å². The van der Waals surface area contributed by atoms with Crippen LogP contribution in [0.15, 0.2) is 47.6 Å². The van der Waals surface area contributed by atoms with E-state index in [1.807, 2.05) is 30.3 Å². The molecule has 9 nitrogen and oxygen atoms in total. The third-order valence-corrected chi connectivity index (χ3v) is 5.78. The maximum Gasteiger partial charge on any atom is 0.490 e. The van der Waals surface area contributed by atoms with Gasteiger partial charge in [-0.1, -0.05) is 44.0 Å². The third kappa shape index (κ3) is 9.09. The summed E-state index contributed by atoms with van der Waals surface area (Å²) in [6, 6.07) is 13.0. The Labute approximate surface area is 217 Å². The number of amides is 1. The number of alkyl halides is 3. The highest BCUT2D eigenvalue weighted by molar-refractivity contribution is 5.97. The minimum absolute atomic E-state index is 0.0157. The molecule has 1 aliphatic heterocycles. The Bertz CT molecular complexity index is 1140. The average Bonchev–Trinajstić information content (AvgIpc) is 2.86. The van der Waals surface area contributed by atoms with E-state index in [4.69, 9.17) is 20.5 Å². The predicted octanol–water partition coefficient (Wildman–Crippen LogP) is 4.22. The topological polar surface area (TPSA) is 143 Å². The molecular weight excluding hydrogens is 507 g/mol. The number of nitrogens with two attached hydrogens (primary N) is 1. The molecule has 0 radical (unpaired) electrons. The van der Waals surface area contributed by atoms with Gasteiger partial charge in [-0.15, -0.1) is 0 Å². The molecule has 1 aliphatic rings. The Hall–Kier alpha value is -4.09. The summed E-state index contributed by atoms with van der Waals surface area (Å²) in [4.78, 5) is 35.0. The number of carbonyl (C=O) groups excluding carboxylic acids is 1. The molecule has 2 aromatic rings. The number of hydrazone groups is 1. The number of rotatable bonds is 10. The van der Waals surface area contributed by atoms with Crippen molar-refractivity contribution in [2.75, 3.05) is 6.54 Å². The van der Waals surface area contributed by atoms with Crippen molar-refractivity contribution >= 4 is 24.1 Å². The summed E-state index contributed by atoms with van der Waals surface area (Å²) in [5.74, 6) is 2.15. The van der Waals surface area contributed by atoms with Crippen molar-refractivity contribution in [3.05, 3.63) is 64.7 Å². The van der Waals surface area contributed by atoms with Crippen molar-refractivity contribution < 1.29 is 42.5 Å². The summed E-state index contributed by atoms with van der Waals surface area (Å²) in [6.07, 6.45) is -0.245. The number of nitrogens with zero attached hydrogens (tertiary/aromatic N) is 2.